The molecular weight excluding hydrogens is 1110 g/mol. The van der Waals surface area contributed by atoms with Crippen LogP contribution in [0.15, 0.2) is 104 Å². The number of oxazole rings is 1. The molecule has 0 fully saturated rings. The molecule has 0 aliphatic rings. The lowest BCUT2D eigenvalue weighted by atomic mass is 10.0. The molecule has 4 N–H and O–H groups in total. The second-order valence-electron chi connectivity index (χ2n) is 15.5. The number of hydrogen-bond acceptors (Lipinski definition) is 22. The average Bonchev–Trinajstić information content (AvgIpc) is 4.26. The number of hydrogen-bond donors (Lipinski definition) is 4. The molecule has 0 spiro atoms. The molecule has 76 heavy (non-hydrogen) atoms. The highest BCUT2D eigenvalue weighted by Crippen LogP contribution is 2.31. The number of thiophene rings is 2. The molecule has 30 heteroatoms. The number of nitrogens with one attached hydrogen (secondary N) is 2. The van der Waals surface area contributed by atoms with Gasteiger partial charge in [-0.15, -0.1) is 34.0 Å². The number of halogens is 2. The SMILES string of the molecule is COC(=O)C(=O)Cn1cc(C(=O)O)c(-c2cc(NCc3ccc(Cl)s3)n(C(=O)c3ccsn3)n2)cc1=O.Cc1cn(CC(=O)c2ncco2)c(=O)c(C(=O)O)c1-c1cc(NCc2ccc(Cl)s2)n(C(=O)c2cncs2)n1. The van der Waals surface area contributed by atoms with Gasteiger partial charge in [0.05, 0.1) is 76.8 Å². The Morgan fingerprint density at radius 1 is 0.803 bits per heavy atom. The Balaban J connectivity index is 0.000000202. The molecular formula is C46H33Cl2N11O13S4. The molecule has 9 heterocycles. The average molecular weight is 1150 g/mol. The van der Waals surface area contributed by atoms with E-state index in [0.29, 0.717) is 25.7 Å². The smallest absolute Gasteiger partial charge is 0.376 e. The van der Waals surface area contributed by atoms with Crippen molar-refractivity contribution in [3.63, 3.8) is 0 Å². The fourth-order valence-electron chi connectivity index (χ4n) is 7.13. The highest BCUT2D eigenvalue weighted by atomic mass is 35.5. The lowest BCUT2D eigenvalue weighted by Gasteiger charge is -2.12. The number of methoxy groups -OCH3 is 1. The van der Waals surface area contributed by atoms with Crippen molar-refractivity contribution in [1.29, 1.82) is 0 Å². The molecule has 0 bridgehead atoms. The standard InChI is InChI=1S/C24H17ClN6O6S2.C22H16ClN5O7S2/c1-12-9-30(10-15(32)21-27-4-5-37-21)23(34)20(24(35)36)19(12)14-6-18(28-7-13-2-3-17(25)39-13)31(29-14)22(33)16-8-26-11-38-16;1-35-22(34)16(29)10-27-9-13(21(32)33)12(6-19(27)30)15-7-18(24-8-11-2-3-17(23)37-11)28(25-15)20(31)14-4-5-36-26-14/h2-6,8-9,11,28H,7,10H2,1H3,(H,35,36);2-7,9,24H,8,10H2,1H3,(H,32,33). The fraction of sp³-hybridized carbons (Fsp3) is 0.130. The number of aromatic carboxylic acids is 2. The maximum atomic E-state index is 13.2. The Morgan fingerprint density at radius 3 is 2.01 bits per heavy atom. The minimum absolute atomic E-state index is 0.0104. The minimum atomic E-state index is -1.51. The number of thiazole rings is 1. The van der Waals surface area contributed by atoms with E-state index in [2.05, 4.69) is 39.9 Å². The molecule has 0 atom stereocenters. The van der Waals surface area contributed by atoms with E-state index in [4.69, 9.17) is 27.6 Å². The normalized spacial score (nSPS) is 10.9. The molecule has 0 saturated carbocycles. The van der Waals surface area contributed by atoms with Crippen molar-refractivity contribution in [2.24, 2.45) is 0 Å². The van der Waals surface area contributed by atoms with Gasteiger partial charge in [0.1, 0.15) is 34.0 Å². The summed E-state index contributed by atoms with van der Waals surface area (Å²) in [6.07, 6.45) is 6.20. The number of carboxylic acids is 2. The van der Waals surface area contributed by atoms with E-state index in [1.807, 2.05) is 12.1 Å². The zero-order valence-corrected chi connectivity index (χ0v) is 43.6. The first-order chi connectivity index (χ1) is 36.4. The Morgan fingerprint density at radius 2 is 1.46 bits per heavy atom. The van der Waals surface area contributed by atoms with Gasteiger partial charge in [-0.3, -0.25) is 33.8 Å². The number of carbonyl (C=O) groups excluding carboxylic acids is 5. The number of ketones is 2. The highest BCUT2D eigenvalue weighted by molar-refractivity contribution is 7.16. The number of carboxylic acid groups (broad SMARTS) is 2. The summed E-state index contributed by atoms with van der Waals surface area (Å²) in [7, 11) is 1.01. The number of anilines is 2. The van der Waals surface area contributed by atoms with Gasteiger partial charge < -0.3 is 39.1 Å². The lowest BCUT2D eigenvalue weighted by molar-refractivity contribution is -0.151. The molecule has 9 aromatic heterocycles. The van der Waals surface area contributed by atoms with Crippen molar-refractivity contribution in [2.75, 3.05) is 17.7 Å². The maximum absolute atomic E-state index is 13.2. The first kappa shape index (κ1) is 53.7. The highest BCUT2D eigenvalue weighted by Gasteiger charge is 2.28. The predicted molar refractivity (Wildman–Crippen MR) is 277 cm³/mol. The summed E-state index contributed by atoms with van der Waals surface area (Å²) in [5.41, 5.74) is -0.665. The Kier molecular flexibility index (Phi) is 16.5. The van der Waals surface area contributed by atoms with Crippen LogP contribution in [0.3, 0.4) is 0 Å². The number of esters is 1. The monoisotopic (exact) mass is 1150 g/mol. The third-order valence-electron chi connectivity index (χ3n) is 10.5. The van der Waals surface area contributed by atoms with Gasteiger partial charge in [0.15, 0.2) is 0 Å². The molecule has 9 aromatic rings. The van der Waals surface area contributed by atoms with Crippen molar-refractivity contribution in [1.82, 2.24) is 43.0 Å². The Bertz CT molecular complexity index is 3820. The molecule has 0 saturated heterocycles. The summed E-state index contributed by atoms with van der Waals surface area (Å²) < 4.78 is 18.4. The largest absolute Gasteiger partial charge is 0.478 e. The summed E-state index contributed by atoms with van der Waals surface area (Å²) in [6, 6.07) is 12.5. The molecule has 0 aromatic carbocycles. The van der Waals surface area contributed by atoms with Gasteiger partial charge in [0.2, 0.25) is 5.78 Å². The van der Waals surface area contributed by atoms with E-state index >= 15 is 0 Å². The molecule has 0 radical (unpaired) electrons. The van der Waals surface area contributed by atoms with Gasteiger partial charge in [0.25, 0.3) is 34.6 Å². The van der Waals surface area contributed by atoms with E-state index in [1.165, 1.54) is 71.2 Å². The van der Waals surface area contributed by atoms with Crippen LogP contribution in [0.5, 0.6) is 0 Å². The zero-order chi connectivity index (χ0) is 54.4. The minimum Gasteiger partial charge on any atom is -0.478 e. The van der Waals surface area contributed by atoms with Crippen LogP contribution in [-0.4, -0.2) is 102 Å². The van der Waals surface area contributed by atoms with Crippen molar-refractivity contribution < 1.29 is 52.9 Å². The van der Waals surface area contributed by atoms with Crippen LogP contribution in [0.4, 0.5) is 11.6 Å². The molecule has 9 rings (SSSR count). The number of carbonyl (C=O) groups is 7. The van der Waals surface area contributed by atoms with Crippen LogP contribution < -0.4 is 21.8 Å². The van der Waals surface area contributed by atoms with Crippen molar-refractivity contribution in [2.45, 2.75) is 33.1 Å². The van der Waals surface area contributed by atoms with Gasteiger partial charge >= 0.3 is 17.9 Å². The molecule has 388 valence electrons. The Labute approximate surface area is 451 Å². The third kappa shape index (κ3) is 12.0. The summed E-state index contributed by atoms with van der Waals surface area (Å²) in [5, 5.41) is 36.3. The van der Waals surface area contributed by atoms with Gasteiger partial charge in [-0.25, -0.2) is 19.4 Å². The first-order valence-electron chi connectivity index (χ1n) is 21.4. The van der Waals surface area contributed by atoms with Gasteiger partial charge in [-0.2, -0.15) is 23.9 Å². The number of ether oxygens (including phenoxy) is 1. The van der Waals surface area contributed by atoms with Gasteiger partial charge in [0, 0.05) is 56.9 Å². The summed E-state index contributed by atoms with van der Waals surface area (Å²) in [5.74, 6) is -6.52. The molecule has 0 aliphatic carbocycles. The number of Topliss-reactive ketones (excluding diaryl/α,β-unsaturated/α-hetero) is 2. The van der Waals surface area contributed by atoms with Crippen molar-refractivity contribution in [3.05, 3.63) is 163 Å². The predicted octanol–water partition coefficient (Wildman–Crippen LogP) is 6.69. The fourth-order valence-corrected chi connectivity index (χ4v) is 10.2. The van der Waals surface area contributed by atoms with Crippen LogP contribution in [0.2, 0.25) is 8.67 Å². The number of pyridine rings is 2. The lowest BCUT2D eigenvalue weighted by Crippen LogP contribution is -2.30. The number of aryl methyl sites for hydroxylation is 1. The summed E-state index contributed by atoms with van der Waals surface area (Å²) >= 11 is 16.9. The first-order valence-corrected chi connectivity index (χ1v) is 25.5. The molecule has 0 unspecified atom stereocenters. The van der Waals surface area contributed by atoms with Crippen LogP contribution in [0.25, 0.3) is 22.5 Å². The van der Waals surface area contributed by atoms with E-state index in [0.717, 1.165) is 70.5 Å². The topological polar surface area (TPSA) is 325 Å². The summed E-state index contributed by atoms with van der Waals surface area (Å²) in [6.45, 7) is 0.996. The zero-order valence-electron chi connectivity index (χ0n) is 38.8. The van der Waals surface area contributed by atoms with E-state index in [1.54, 1.807) is 24.4 Å². The van der Waals surface area contributed by atoms with Gasteiger partial charge in [-0.1, -0.05) is 23.2 Å². The third-order valence-corrected chi connectivity index (χ3v) is 14.3. The number of rotatable bonds is 18. The van der Waals surface area contributed by atoms with E-state index in [-0.39, 0.29) is 57.8 Å². The number of nitrogens with zero attached hydrogens (tertiary/aromatic N) is 9. The van der Waals surface area contributed by atoms with Crippen LogP contribution in [0, 0.1) is 6.92 Å². The molecule has 24 nitrogen and oxygen atoms in total. The second-order valence-corrected chi connectivity index (χ2v) is 20.6. The molecule has 0 aliphatic heterocycles. The second kappa shape index (κ2) is 23.3. The van der Waals surface area contributed by atoms with Crippen molar-refractivity contribution in [3.8, 4) is 22.5 Å². The quantitative estimate of drug-likeness (QED) is 0.0395. The Hall–Kier alpha value is -8.54. The molecule has 0 amide bonds. The van der Waals surface area contributed by atoms with E-state index in [9.17, 15) is 53.4 Å². The van der Waals surface area contributed by atoms with E-state index < -0.39 is 71.1 Å². The summed E-state index contributed by atoms with van der Waals surface area (Å²) in [4.78, 5) is 122. The van der Waals surface area contributed by atoms with Crippen LogP contribution in [0.1, 0.15) is 66.9 Å². The number of aromatic nitrogens is 9. The van der Waals surface area contributed by atoms with Crippen LogP contribution >= 0.6 is 68.7 Å². The van der Waals surface area contributed by atoms with Crippen LogP contribution in [-0.2, 0) is 40.5 Å². The van der Waals surface area contributed by atoms with Crippen molar-refractivity contribution >= 4 is 122 Å². The maximum Gasteiger partial charge on any atom is 0.376 e. The van der Waals surface area contributed by atoms with Gasteiger partial charge in [-0.05, 0) is 54.4 Å².